The molecule has 0 saturated carbocycles. The van der Waals surface area contributed by atoms with Crippen molar-refractivity contribution in [3.05, 3.63) is 108 Å². The summed E-state index contributed by atoms with van der Waals surface area (Å²) in [5.41, 5.74) is 10.2. The van der Waals surface area contributed by atoms with Crippen LogP contribution in [0.3, 0.4) is 0 Å². The number of amides is 3. The number of rotatable bonds is 13. The van der Waals surface area contributed by atoms with Gasteiger partial charge in [-0.05, 0) is 67.4 Å². The molecule has 0 aliphatic carbocycles. The number of hydrogen-bond donors (Lipinski definition) is 5. The molecule has 1 atom stereocenters. The van der Waals surface area contributed by atoms with Crippen LogP contribution in [0.2, 0.25) is 0 Å². The van der Waals surface area contributed by atoms with Crippen LogP contribution >= 0.6 is 0 Å². The topological polar surface area (TPSA) is 233 Å². The Bertz CT molecular complexity index is 2270. The van der Waals surface area contributed by atoms with E-state index in [9.17, 15) is 29.4 Å². The Hall–Kier alpha value is -6.97. The molecule has 3 aromatic heterocycles. The van der Waals surface area contributed by atoms with E-state index in [4.69, 9.17) is 5.73 Å². The van der Waals surface area contributed by atoms with Gasteiger partial charge < -0.3 is 31.1 Å². The highest BCUT2D eigenvalue weighted by molar-refractivity contribution is 5.99. The van der Waals surface area contributed by atoms with Gasteiger partial charge in [-0.3, -0.25) is 29.1 Å². The lowest BCUT2D eigenvalue weighted by Crippen LogP contribution is -2.28. The van der Waals surface area contributed by atoms with Crippen molar-refractivity contribution in [2.75, 3.05) is 5.32 Å². The third-order valence-corrected chi connectivity index (χ3v) is 8.11. The second-order valence-corrected chi connectivity index (χ2v) is 11.7. The molecule has 258 valence electrons. The van der Waals surface area contributed by atoms with Crippen molar-refractivity contribution in [1.29, 1.82) is 0 Å². The number of anilines is 1. The predicted octanol–water partition coefficient (Wildman–Crippen LogP) is 3.06. The van der Waals surface area contributed by atoms with Crippen LogP contribution in [0, 0.1) is 6.92 Å². The summed E-state index contributed by atoms with van der Waals surface area (Å²) in [6.07, 6.45) is 7.81. The number of aromatic nitrogens is 7. The number of nitrogens with zero attached hydrogens (tertiary/aromatic N) is 7. The standard InChI is InChI=1S/C35H32N10O6/c1-20-12-21(27-16-37-10-11-38-27)2-5-25(20)41-35(51)28(7-9-33(36)49)45-17-24(42-43-45)15-39-34(50)23-3-6-26-29(13-23)44(19-40-26)18-32(48)22-4-8-30(46)31(47)14-22/h2-6,8,10-14,16-17,19,28,46-47H,7,9,15,18H2,1H3,(H2,36,49)(H,39,50)(H,41,51)/t28-/m0/s1. The summed E-state index contributed by atoms with van der Waals surface area (Å²) in [4.78, 5) is 63.8. The first kappa shape index (κ1) is 33.9. The minimum atomic E-state index is -0.926. The average Bonchev–Trinajstić information content (AvgIpc) is 3.76. The van der Waals surface area contributed by atoms with Gasteiger partial charge in [0.2, 0.25) is 11.8 Å². The molecular formula is C35H32N10O6. The van der Waals surface area contributed by atoms with Gasteiger partial charge in [-0.15, -0.1) is 5.10 Å². The first-order valence-corrected chi connectivity index (χ1v) is 15.7. The summed E-state index contributed by atoms with van der Waals surface area (Å²) in [7, 11) is 0. The maximum Gasteiger partial charge on any atom is 0.251 e. The van der Waals surface area contributed by atoms with Crippen LogP contribution < -0.4 is 16.4 Å². The normalized spacial score (nSPS) is 11.6. The molecule has 51 heavy (non-hydrogen) atoms. The highest BCUT2D eigenvalue weighted by Crippen LogP contribution is 2.27. The Morgan fingerprint density at radius 1 is 0.941 bits per heavy atom. The number of carbonyl (C=O) groups excluding carboxylic acids is 4. The summed E-state index contributed by atoms with van der Waals surface area (Å²) in [5.74, 6) is -2.52. The molecule has 16 heteroatoms. The summed E-state index contributed by atoms with van der Waals surface area (Å²) < 4.78 is 2.91. The monoisotopic (exact) mass is 688 g/mol. The molecule has 6 N–H and O–H groups in total. The molecule has 3 aromatic carbocycles. The van der Waals surface area contributed by atoms with Gasteiger partial charge in [0.25, 0.3) is 5.91 Å². The van der Waals surface area contributed by atoms with E-state index >= 15 is 0 Å². The van der Waals surface area contributed by atoms with Gasteiger partial charge in [0, 0.05) is 41.2 Å². The third-order valence-electron chi connectivity index (χ3n) is 8.11. The summed E-state index contributed by atoms with van der Waals surface area (Å²) >= 11 is 0. The lowest BCUT2D eigenvalue weighted by Gasteiger charge is -2.17. The molecule has 0 radical (unpaired) electrons. The number of aromatic hydroxyl groups is 2. The SMILES string of the molecule is Cc1cc(-c2cnccn2)ccc1NC(=O)[C@H](CCC(N)=O)n1cc(CNC(=O)c2ccc3ncn(CC(=O)c4ccc(O)c(O)c4)c3c2)nn1. The smallest absolute Gasteiger partial charge is 0.251 e. The van der Waals surface area contributed by atoms with E-state index < -0.39 is 29.5 Å². The van der Waals surface area contributed by atoms with E-state index in [2.05, 4.69) is 35.9 Å². The van der Waals surface area contributed by atoms with Gasteiger partial charge >= 0.3 is 0 Å². The highest BCUT2D eigenvalue weighted by atomic mass is 16.3. The molecule has 3 amide bonds. The quantitative estimate of drug-likeness (QED) is 0.0874. The van der Waals surface area contributed by atoms with Crippen molar-refractivity contribution in [3.8, 4) is 22.8 Å². The molecule has 0 unspecified atom stereocenters. The number of nitrogens with one attached hydrogen (secondary N) is 2. The number of nitrogens with two attached hydrogens (primary N) is 1. The number of phenolic OH excluding ortho intramolecular Hbond substituents is 2. The lowest BCUT2D eigenvalue weighted by molar-refractivity contribution is -0.120. The van der Waals surface area contributed by atoms with Crippen LogP contribution in [0.4, 0.5) is 5.69 Å². The van der Waals surface area contributed by atoms with Gasteiger partial charge in [-0.1, -0.05) is 11.3 Å². The number of carbonyl (C=O) groups is 4. The van der Waals surface area contributed by atoms with Crippen molar-refractivity contribution in [1.82, 2.24) is 39.8 Å². The Labute approximate surface area is 290 Å². The van der Waals surface area contributed by atoms with Crippen LogP contribution in [-0.4, -0.2) is 68.2 Å². The molecule has 0 fully saturated rings. The molecule has 3 heterocycles. The number of fused-ring (bicyclic) bond motifs is 1. The molecule has 0 spiro atoms. The van der Waals surface area contributed by atoms with Gasteiger partial charge in [-0.2, -0.15) is 0 Å². The lowest BCUT2D eigenvalue weighted by atomic mass is 10.1. The van der Waals surface area contributed by atoms with Crippen molar-refractivity contribution in [3.63, 3.8) is 0 Å². The minimum absolute atomic E-state index is 0.0218. The van der Waals surface area contributed by atoms with Crippen molar-refractivity contribution >= 4 is 40.2 Å². The molecular weight excluding hydrogens is 656 g/mol. The number of primary amides is 1. The predicted molar refractivity (Wildman–Crippen MR) is 183 cm³/mol. The molecule has 0 aliphatic rings. The fraction of sp³-hybridized carbons (Fsp3) is 0.171. The Morgan fingerprint density at radius 3 is 2.51 bits per heavy atom. The Balaban J connectivity index is 1.12. The molecule has 0 aliphatic heterocycles. The first-order chi connectivity index (χ1) is 24.5. The van der Waals surface area contributed by atoms with E-state index in [1.165, 1.54) is 35.4 Å². The number of phenols is 2. The fourth-order valence-corrected chi connectivity index (χ4v) is 5.38. The van der Waals surface area contributed by atoms with E-state index in [0.717, 1.165) is 11.1 Å². The minimum Gasteiger partial charge on any atom is -0.504 e. The number of benzene rings is 3. The van der Waals surface area contributed by atoms with Crippen molar-refractivity contribution in [2.24, 2.45) is 5.73 Å². The Kier molecular flexibility index (Phi) is 9.74. The van der Waals surface area contributed by atoms with Gasteiger partial charge in [0.05, 0.1) is 48.5 Å². The zero-order valence-electron chi connectivity index (χ0n) is 27.2. The molecule has 0 saturated heterocycles. The summed E-state index contributed by atoms with van der Waals surface area (Å²) in [6.45, 7) is 1.71. The van der Waals surface area contributed by atoms with Crippen LogP contribution in [0.1, 0.15) is 50.9 Å². The molecule has 6 aromatic rings. The van der Waals surface area contributed by atoms with Crippen molar-refractivity contribution < 1.29 is 29.4 Å². The maximum atomic E-state index is 13.5. The van der Waals surface area contributed by atoms with Crippen LogP contribution in [0.25, 0.3) is 22.3 Å². The molecule has 0 bridgehead atoms. The van der Waals surface area contributed by atoms with Gasteiger partial charge in [0.15, 0.2) is 17.3 Å². The zero-order chi connectivity index (χ0) is 36.1. The average molecular weight is 689 g/mol. The summed E-state index contributed by atoms with van der Waals surface area (Å²) in [6, 6.07) is 13.2. The third kappa shape index (κ3) is 7.86. The van der Waals surface area contributed by atoms with Crippen molar-refractivity contribution in [2.45, 2.75) is 38.9 Å². The Morgan fingerprint density at radius 2 is 1.76 bits per heavy atom. The first-order valence-electron chi connectivity index (χ1n) is 15.7. The second kappa shape index (κ2) is 14.7. The maximum absolute atomic E-state index is 13.5. The number of Topliss-reactive ketones (excluding diaryl/α,β-unsaturated/α-hetero) is 1. The largest absolute Gasteiger partial charge is 0.504 e. The molecule has 6 rings (SSSR count). The highest BCUT2D eigenvalue weighted by Gasteiger charge is 2.24. The zero-order valence-corrected chi connectivity index (χ0v) is 27.2. The second-order valence-electron chi connectivity index (χ2n) is 11.7. The molecule has 16 nitrogen and oxygen atoms in total. The van der Waals surface area contributed by atoms with Gasteiger partial charge in [0.1, 0.15) is 11.7 Å². The van der Waals surface area contributed by atoms with Crippen LogP contribution in [0.15, 0.2) is 85.7 Å². The summed E-state index contributed by atoms with van der Waals surface area (Å²) in [5, 5.41) is 33.2. The van der Waals surface area contributed by atoms with Crippen LogP contribution in [0.5, 0.6) is 11.5 Å². The fourth-order valence-electron chi connectivity index (χ4n) is 5.38. The van der Waals surface area contributed by atoms with E-state index in [-0.39, 0.29) is 43.0 Å². The number of aryl methyl sites for hydroxylation is 1. The van der Waals surface area contributed by atoms with E-state index in [1.54, 1.807) is 47.4 Å². The number of hydrogen-bond acceptors (Lipinski definition) is 11. The number of ketones is 1. The number of imidazole rings is 1. The van der Waals surface area contributed by atoms with Crippen LogP contribution in [-0.2, 0) is 22.7 Å². The van der Waals surface area contributed by atoms with E-state index in [1.807, 2.05) is 19.1 Å². The van der Waals surface area contributed by atoms with E-state index in [0.29, 0.717) is 33.7 Å². The van der Waals surface area contributed by atoms with Gasteiger partial charge in [-0.25, -0.2) is 9.67 Å².